The number of ether oxygens (including phenoxy) is 2. The first-order chi connectivity index (χ1) is 14.5. The van der Waals surface area contributed by atoms with E-state index in [4.69, 9.17) is 9.47 Å². The number of hydrogen-bond acceptors (Lipinski definition) is 5. The van der Waals surface area contributed by atoms with Gasteiger partial charge in [0.15, 0.2) is 0 Å². The van der Waals surface area contributed by atoms with Crippen LogP contribution in [0.2, 0.25) is 0 Å². The molecule has 6 heteroatoms. The summed E-state index contributed by atoms with van der Waals surface area (Å²) < 4.78 is 10.4. The van der Waals surface area contributed by atoms with Gasteiger partial charge in [-0.1, -0.05) is 29.8 Å². The van der Waals surface area contributed by atoms with Crippen molar-refractivity contribution in [2.75, 3.05) is 7.11 Å². The summed E-state index contributed by atoms with van der Waals surface area (Å²) in [6, 6.07) is 21.3. The molecule has 0 aliphatic heterocycles. The van der Waals surface area contributed by atoms with Crippen LogP contribution in [0.3, 0.4) is 0 Å². The summed E-state index contributed by atoms with van der Waals surface area (Å²) in [5.74, 6) is 0.431. The van der Waals surface area contributed by atoms with Gasteiger partial charge in [-0.25, -0.2) is 10.2 Å². The third-order valence-electron chi connectivity index (χ3n) is 4.30. The number of nitrogens with zero attached hydrogens (tertiary/aromatic N) is 1. The monoisotopic (exact) mass is 402 g/mol. The summed E-state index contributed by atoms with van der Waals surface area (Å²) in [5.41, 5.74) is 5.77. The van der Waals surface area contributed by atoms with Gasteiger partial charge in [-0.2, -0.15) is 5.10 Å². The molecule has 3 aromatic rings. The maximum Gasteiger partial charge on any atom is 0.343 e. The molecule has 6 nitrogen and oxygen atoms in total. The standard InChI is InChI=1S/C24H22N2O4/c1-17-3-5-18(6-4-17)15-23(27)26-25-16-19-7-11-22(12-8-19)30-24(28)20-9-13-21(29-2)14-10-20/h3-14,16H,15H2,1-2H3,(H,26,27)/b25-16-. The Labute approximate surface area is 175 Å². The van der Waals surface area contributed by atoms with Crippen molar-refractivity contribution in [3.63, 3.8) is 0 Å². The predicted molar refractivity (Wildman–Crippen MR) is 115 cm³/mol. The molecule has 30 heavy (non-hydrogen) atoms. The fraction of sp³-hybridized carbons (Fsp3) is 0.125. The van der Waals surface area contributed by atoms with Crippen molar-refractivity contribution in [2.24, 2.45) is 5.10 Å². The number of hydrogen-bond donors (Lipinski definition) is 1. The first-order valence-corrected chi connectivity index (χ1v) is 9.37. The van der Waals surface area contributed by atoms with Crippen LogP contribution in [0, 0.1) is 6.92 Å². The lowest BCUT2D eigenvalue weighted by Crippen LogP contribution is -2.19. The van der Waals surface area contributed by atoms with Gasteiger partial charge in [-0.05, 0) is 66.6 Å². The van der Waals surface area contributed by atoms with Crippen LogP contribution in [0.5, 0.6) is 11.5 Å². The Morgan fingerprint density at radius 3 is 2.17 bits per heavy atom. The number of rotatable bonds is 7. The van der Waals surface area contributed by atoms with Gasteiger partial charge in [-0.15, -0.1) is 0 Å². The number of hydrazone groups is 1. The Balaban J connectivity index is 1.50. The van der Waals surface area contributed by atoms with Crippen LogP contribution in [-0.2, 0) is 11.2 Å². The molecule has 0 aliphatic rings. The summed E-state index contributed by atoms with van der Waals surface area (Å²) in [5, 5.41) is 3.97. The van der Waals surface area contributed by atoms with Crippen molar-refractivity contribution >= 4 is 18.1 Å². The number of aryl methyl sites for hydroxylation is 1. The molecule has 0 atom stereocenters. The van der Waals surface area contributed by atoms with Gasteiger partial charge in [0.05, 0.1) is 25.3 Å². The molecule has 3 aromatic carbocycles. The predicted octanol–water partition coefficient (Wildman–Crippen LogP) is 3.92. The molecule has 0 unspecified atom stereocenters. The van der Waals surface area contributed by atoms with Crippen LogP contribution >= 0.6 is 0 Å². The minimum Gasteiger partial charge on any atom is -0.497 e. The van der Waals surface area contributed by atoms with Crippen LogP contribution < -0.4 is 14.9 Å². The molecule has 0 radical (unpaired) electrons. The fourth-order valence-corrected chi connectivity index (χ4v) is 2.62. The van der Waals surface area contributed by atoms with Gasteiger partial charge >= 0.3 is 5.97 Å². The number of nitrogens with one attached hydrogen (secondary N) is 1. The van der Waals surface area contributed by atoms with E-state index in [1.54, 1.807) is 55.6 Å². The zero-order valence-electron chi connectivity index (χ0n) is 16.8. The summed E-state index contributed by atoms with van der Waals surface area (Å²) in [7, 11) is 1.56. The topological polar surface area (TPSA) is 77.0 Å². The van der Waals surface area contributed by atoms with Gasteiger partial charge in [0.2, 0.25) is 5.91 Å². The van der Waals surface area contributed by atoms with Crippen LogP contribution in [0.4, 0.5) is 0 Å². The fourth-order valence-electron chi connectivity index (χ4n) is 2.62. The number of esters is 1. The van der Waals surface area contributed by atoms with Gasteiger partial charge in [0, 0.05) is 0 Å². The molecule has 0 fully saturated rings. The quantitative estimate of drug-likeness (QED) is 0.281. The highest BCUT2D eigenvalue weighted by atomic mass is 16.5. The third kappa shape index (κ3) is 6.04. The van der Waals surface area contributed by atoms with E-state index >= 15 is 0 Å². The molecule has 0 aliphatic carbocycles. The van der Waals surface area contributed by atoms with Crippen LogP contribution in [0.15, 0.2) is 77.9 Å². The number of carbonyl (C=O) groups excluding carboxylic acids is 2. The molecule has 0 saturated heterocycles. The van der Waals surface area contributed by atoms with Crippen LogP contribution in [-0.4, -0.2) is 25.2 Å². The molecular weight excluding hydrogens is 380 g/mol. The molecular formula is C24H22N2O4. The van der Waals surface area contributed by atoms with E-state index < -0.39 is 5.97 Å². The lowest BCUT2D eigenvalue weighted by Gasteiger charge is -2.05. The summed E-state index contributed by atoms with van der Waals surface area (Å²) in [6.07, 6.45) is 1.79. The Hall–Kier alpha value is -3.93. The van der Waals surface area contributed by atoms with Crippen molar-refractivity contribution in [3.05, 3.63) is 95.1 Å². The average Bonchev–Trinajstić information content (AvgIpc) is 2.76. The lowest BCUT2D eigenvalue weighted by molar-refractivity contribution is -0.120. The summed E-state index contributed by atoms with van der Waals surface area (Å²) >= 11 is 0. The second-order valence-corrected chi connectivity index (χ2v) is 6.64. The van der Waals surface area contributed by atoms with Gasteiger partial charge in [-0.3, -0.25) is 4.79 Å². The number of benzene rings is 3. The molecule has 3 rings (SSSR count). The van der Waals surface area contributed by atoms with Gasteiger partial charge < -0.3 is 9.47 Å². The molecule has 0 aromatic heterocycles. The van der Waals surface area contributed by atoms with Crippen molar-refractivity contribution < 1.29 is 19.1 Å². The van der Waals surface area contributed by atoms with E-state index in [2.05, 4.69) is 10.5 Å². The first kappa shape index (κ1) is 20.8. The molecule has 0 heterocycles. The second-order valence-electron chi connectivity index (χ2n) is 6.64. The van der Waals surface area contributed by atoms with E-state index in [0.29, 0.717) is 17.1 Å². The highest BCUT2D eigenvalue weighted by Gasteiger charge is 2.08. The van der Waals surface area contributed by atoms with Crippen molar-refractivity contribution in [1.82, 2.24) is 5.43 Å². The van der Waals surface area contributed by atoms with Crippen LogP contribution in [0.25, 0.3) is 0 Å². The number of methoxy groups -OCH3 is 1. The van der Waals surface area contributed by atoms with Gasteiger partial charge in [0.25, 0.3) is 0 Å². The second kappa shape index (κ2) is 10.0. The van der Waals surface area contributed by atoms with Crippen molar-refractivity contribution in [1.29, 1.82) is 0 Å². The van der Waals surface area contributed by atoms with Crippen molar-refractivity contribution in [2.45, 2.75) is 13.3 Å². The summed E-state index contributed by atoms with van der Waals surface area (Å²) in [6.45, 7) is 2.00. The van der Waals surface area contributed by atoms with E-state index in [-0.39, 0.29) is 12.3 Å². The first-order valence-electron chi connectivity index (χ1n) is 9.37. The smallest absolute Gasteiger partial charge is 0.343 e. The van der Waals surface area contributed by atoms with E-state index in [9.17, 15) is 9.59 Å². The largest absolute Gasteiger partial charge is 0.497 e. The minimum absolute atomic E-state index is 0.194. The Kier molecular flexibility index (Phi) is 6.95. The summed E-state index contributed by atoms with van der Waals surface area (Å²) in [4.78, 5) is 24.1. The zero-order chi connectivity index (χ0) is 21.3. The molecule has 0 bridgehead atoms. The minimum atomic E-state index is -0.456. The highest BCUT2D eigenvalue weighted by molar-refractivity contribution is 5.91. The van der Waals surface area contributed by atoms with Crippen LogP contribution in [0.1, 0.15) is 27.0 Å². The normalized spacial score (nSPS) is 10.6. The lowest BCUT2D eigenvalue weighted by atomic mass is 10.1. The van der Waals surface area contributed by atoms with E-state index in [1.165, 1.54) is 6.21 Å². The maximum absolute atomic E-state index is 12.2. The Bertz CT molecular complexity index is 1020. The third-order valence-corrected chi connectivity index (χ3v) is 4.30. The SMILES string of the molecule is COc1ccc(C(=O)Oc2ccc(/C=N\NC(=O)Cc3ccc(C)cc3)cc2)cc1. The molecule has 0 spiro atoms. The zero-order valence-corrected chi connectivity index (χ0v) is 16.8. The maximum atomic E-state index is 12.2. The average molecular weight is 402 g/mol. The molecule has 1 N–H and O–H groups in total. The van der Waals surface area contributed by atoms with Gasteiger partial charge in [0.1, 0.15) is 11.5 Å². The highest BCUT2D eigenvalue weighted by Crippen LogP contribution is 2.16. The van der Waals surface area contributed by atoms with Crippen molar-refractivity contribution in [3.8, 4) is 11.5 Å². The Morgan fingerprint density at radius 2 is 1.53 bits per heavy atom. The van der Waals surface area contributed by atoms with E-state index in [0.717, 1.165) is 16.7 Å². The number of amides is 1. The van der Waals surface area contributed by atoms with E-state index in [1.807, 2.05) is 31.2 Å². The number of carbonyl (C=O) groups is 2. The Morgan fingerprint density at radius 1 is 0.900 bits per heavy atom. The molecule has 0 saturated carbocycles. The molecule has 1 amide bonds. The molecule has 152 valence electrons.